The first-order chi connectivity index (χ1) is 13.6. The molecule has 1 N–H and O–H groups in total. The maximum atomic E-state index is 12.3. The molecule has 150 valence electrons. The molecule has 0 radical (unpaired) electrons. The smallest absolute Gasteiger partial charge is 0.160 e. The molecule has 2 aromatic rings. The molecule has 0 amide bonds. The number of ether oxygens (including phenoxy) is 2. The van der Waals surface area contributed by atoms with Crippen molar-refractivity contribution in [1.29, 1.82) is 0 Å². The molecular weight excluding hydrogens is 350 g/mol. The Morgan fingerprint density at radius 1 is 1.14 bits per heavy atom. The van der Waals surface area contributed by atoms with Crippen molar-refractivity contribution in [2.24, 2.45) is 0 Å². The molecule has 0 aliphatic carbocycles. The maximum absolute atomic E-state index is 12.3. The number of nitrogens with one attached hydrogen (secondary N) is 1. The zero-order valence-electron chi connectivity index (χ0n) is 17.1. The van der Waals surface area contributed by atoms with Crippen LogP contribution in [0.2, 0.25) is 0 Å². The monoisotopic (exact) mass is 381 g/mol. The van der Waals surface area contributed by atoms with Crippen LogP contribution in [0.1, 0.15) is 39.2 Å². The third kappa shape index (κ3) is 7.20. The largest absolute Gasteiger partial charge is 0.489 e. The van der Waals surface area contributed by atoms with Crippen LogP contribution in [0.25, 0.3) is 0 Å². The van der Waals surface area contributed by atoms with Gasteiger partial charge in [0.1, 0.15) is 18.5 Å². The van der Waals surface area contributed by atoms with E-state index in [1.165, 1.54) is 0 Å². The molecule has 0 fully saturated rings. The van der Waals surface area contributed by atoms with Crippen LogP contribution in [-0.2, 0) is 16.1 Å². The second kappa shape index (κ2) is 12.0. The molecule has 2 atom stereocenters. The first-order valence-corrected chi connectivity index (χ1v) is 9.90. The summed E-state index contributed by atoms with van der Waals surface area (Å²) in [4.78, 5) is 12.3. The van der Waals surface area contributed by atoms with Crippen LogP contribution in [-0.4, -0.2) is 24.5 Å². The number of hydrogen-bond acceptors (Lipinski definition) is 4. The third-order valence-electron chi connectivity index (χ3n) is 4.41. The lowest BCUT2D eigenvalue weighted by molar-refractivity contribution is -0.130. The van der Waals surface area contributed by atoms with Crippen molar-refractivity contribution in [2.45, 2.75) is 52.4 Å². The average Bonchev–Trinajstić information content (AvgIpc) is 2.69. The van der Waals surface area contributed by atoms with Crippen LogP contribution >= 0.6 is 0 Å². The number of hydrogen-bond donors (Lipinski definition) is 1. The van der Waals surface area contributed by atoms with E-state index in [0.29, 0.717) is 13.2 Å². The summed E-state index contributed by atoms with van der Waals surface area (Å²) in [5.74, 6) is 0.824. The van der Waals surface area contributed by atoms with Gasteiger partial charge in [0.05, 0.1) is 12.6 Å². The fraction of sp³-hybridized carbons (Fsp3) is 0.375. The molecule has 0 saturated heterocycles. The molecule has 0 unspecified atom stereocenters. The quantitative estimate of drug-likeness (QED) is 0.500. The molecule has 2 aromatic carbocycles. The summed E-state index contributed by atoms with van der Waals surface area (Å²) in [5, 5.41) is 3.48. The summed E-state index contributed by atoms with van der Waals surface area (Å²) in [5.41, 5.74) is 1.98. The van der Waals surface area contributed by atoms with Crippen molar-refractivity contribution in [3.05, 3.63) is 72.3 Å². The SMILES string of the molecule is C/C=C/COc1cccc(N[C@@H](CCC)[C@H](OCc2ccccc2)C(C)=O)c1. The fourth-order valence-electron chi connectivity index (χ4n) is 3.02. The Kier molecular flexibility index (Phi) is 9.29. The Hall–Kier alpha value is -2.59. The van der Waals surface area contributed by atoms with E-state index in [4.69, 9.17) is 9.47 Å². The normalized spacial score (nSPS) is 13.2. The van der Waals surface area contributed by atoms with Crippen LogP contribution in [0.15, 0.2) is 66.7 Å². The summed E-state index contributed by atoms with van der Waals surface area (Å²) < 4.78 is 11.8. The van der Waals surface area contributed by atoms with Gasteiger partial charge in [0.2, 0.25) is 0 Å². The molecule has 0 aliphatic rings. The van der Waals surface area contributed by atoms with Crippen LogP contribution < -0.4 is 10.1 Å². The molecule has 0 bridgehead atoms. The van der Waals surface area contributed by atoms with E-state index in [0.717, 1.165) is 29.8 Å². The number of carbonyl (C=O) groups is 1. The molecular formula is C24H31NO3. The summed E-state index contributed by atoms with van der Waals surface area (Å²) in [6.07, 6.45) is 5.20. The minimum absolute atomic E-state index is 0.0300. The first kappa shape index (κ1) is 21.7. The molecule has 0 aromatic heterocycles. The summed E-state index contributed by atoms with van der Waals surface area (Å²) >= 11 is 0. The average molecular weight is 382 g/mol. The third-order valence-corrected chi connectivity index (χ3v) is 4.41. The van der Waals surface area contributed by atoms with Gasteiger partial charge in [-0.05, 0) is 38.0 Å². The predicted octanol–water partition coefficient (Wildman–Crippen LogP) is 5.40. The second-order valence-electron chi connectivity index (χ2n) is 6.78. The highest BCUT2D eigenvalue weighted by atomic mass is 16.5. The second-order valence-corrected chi connectivity index (χ2v) is 6.78. The maximum Gasteiger partial charge on any atom is 0.160 e. The van der Waals surface area contributed by atoms with Gasteiger partial charge in [-0.2, -0.15) is 0 Å². The number of allylic oxidation sites excluding steroid dienone is 1. The van der Waals surface area contributed by atoms with Crippen molar-refractivity contribution in [3.63, 3.8) is 0 Å². The van der Waals surface area contributed by atoms with Crippen molar-refractivity contribution < 1.29 is 14.3 Å². The lowest BCUT2D eigenvalue weighted by Gasteiger charge is -2.27. The van der Waals surface area contributed by atoms with E-state index in [-0.39, 0.29) is 11.8 Å². The van der Waals surface area contributed by atoms with Crippen molar-refractivity contribution >= 4 is 11.5 Å². The van der Waals surface area contributed by atoms with E-state index in [2.05, 4.69) is 12.2 Å². The molecule has 0 saturated carbocycles. The van der Waals surface area contributed by atoms with Gasteiger partial charge in [-0.15, -0.1) is 0 Å². The van der Waals surface area contributed by atoms with Crippen LogP contribution in [0, 0.1) is 0 Å². The molecule has 4 heteroatoms. The van der Waals surface area contributed by atoms with Gasteiger partial charge in [-0.25, -0.2) is 0 Å². The van der Waals surface area contributed by atoms with Gasteiger partial charge in [-0.1, -0.05) is 61.9 Å². The minimum atomic E-state index is -0.507. The fourth-order valence-corrected chi connectivity index (χ4v) is 3.02. The Labute approximate surface area is 168 Å². The Balaban J connectivity index is 2.08. The number of benzene rings is 2. The topological polar surface area (TPSA) is 47.6 Å². The Bertz CT molecular complexity index is 743. The van der Waals surface area contributed by atoms with Crippen molar-refractivity contribution in [3.8, 4) is 5.75 Å². The zero-order valence-corrected chi connectivity index (χ0v) is 17.1. The molecule has 28 heavy (non-hydrogen) atoms. The molecule has 0 spiro atoms. The van der Waals surface area contributed by atoms with E-state index in [9.17, 15) is 4.79 Å². The van der Waals surface area contributed by atoms with E-state index < -0.39 is 6.10 Å². The van der Waals surface area contributed by atoms with Crippen LogP contribution in [0.5, 0.6) is 5.75 Å². The standard InChI is InChI=1S/C24H31NO3/c1-4-6-16-27-22-15-10-14-21(17-22)25-23(11-5-2)24(19(3)26)28-18-20-12-8-7-9-13-20/h4,6-10,12-15,17,23-25H,5,11,16,18H2,1-3H3/b6-4+/t23-,24+/m0/s1. The van der Waals surface area contributed by atoms with Gasteiger partial charge in [0, 0.05) is 11.8 Å². The lowest BCUT2D eigenvalue weighted by Crippen LogP contribution is -2.40. The van der Waals surface area contributed by atoms with Crippen LogP contribution in [0.3, 0.4) is 0 Å². The Morgan fingerprint density at radius 3 is 2.61 bits per heavy atom. The summed E-state index contributed by atoms with van der Waals surface area (Å²) in [6.45, 7) is 6.62. The van der Waals surface area contributed by atoms with Gasteiger partial charge in [0.15, 0.2) is 5.78 Å². The number of Topliss-reactive ketones (excluding diaryl/α,β-unsaturated/α-hetero) is 1. The minimum Gasteiger partial charge on any atom is -0.489 e. The lowest BCUT2D eigenvalue weighted by atomic mass is 10.0. The molecule has 0 aliphatic heterocycles. The number of rotatable bonds is 12. The molecule has 2 rings (SSSR count). The highest BCUT2D eigenvalue weighted by Crippen LogP contribution is 2.21. The first-order valence-electron chi connectivity index (χ1n) is 9.90. The van der Waals surface area contributed by atoms with E-state index in [1.54, 1.807) is 6.92 Å². The highest BCUT2D eigenvalue weighted by Gasteiger charge is 2.26. The van der Waals surface area contributed by atoms with Crippen LogP contribution in [0.4, 0.5) is 5.69 Å². The van der Waals surface area contributed by atoms with Crippen molar-refractivity contribution in [2.75, 3.05) is 11.9 Å². The van der Waals surface area contributed by atoms with Crippen molar-refractivity contribution in [1.82, 2.24) is 0 Å². The highest BCUT2D eigenvalue weighted by molar-refractivity contribution is 5.81. The zero-order chi connectivity index (χ0) is 20.2. The number of ketones is 1. The number of carbonyl (C=O) groups excluding carboxylic acids is 1. The van der Waals surface area contributed by atoms with E-state index >= 15 is 0 Å². The summed E-state index contributed by atoms with van der Waals surface area (Å²) in [6, 6.07) is 17.7. The van der Waals surface area contributed by atoms with E-state index in [1.807, 2.05) is 73.7 Å². The van der Waals surface area contributed by atoms with Gasteiger partial charge in [-0.3, -0.25) is 4.79 Å². The molecule has 0 heterocycles. The number of anilines is 1. The summed E-state index contributed by atoms with van der Waals surface area (Å²) in [7, 11) is 0. The molecule has 4 nitrogen and oxygen atoms in total. The predicted molar refractivity (Wildman–Crippen MR) is 115 cm³/mol. The Morgan fingerprint density at radius 2 is 1.93 bits per heavy atom. The van der Waals surface area contributed by atoms with Gasteiger partial charge < -0.3 is 14.8 Å². The van der Waals surface area contributed by atoms with Gasteiger partial charge in [0.25, 0.3) is 0 Å². The van der Waals surface area contributed by atoms with Gasteiger partial charge >= 0.3 is 0 Å².